The Labute approximate surface area is 115 Å². The fraction of sp³-hybridized carbons (Fsp3) is 0.688. The second kappa shape index (κ2) is 5.49. The van der Waals surface area contributed by atoms with Crippen LogP contribution in [0.5, 0.6) is 0 Å². The zero-order chi connectivity index (χ0) is 13.2. The molecule has 0 saturated heterocycles. The van der Waals surface area contributed by atoms with Gasteiger partial charge < -0.3 is 9.88 Å². The summed E-state index contributed by atoms with van der Waals surface area (Å²) in [5.74, 6) is 0. The molecule has 3 rings (SSSR count). The van der Waals surface area contributed by atoms with E-state index in [-0.39, 0.29) is 5.56 Å². The van der Waals surface area contributed by atoms with E-state index in [4.69, 9.17) is 0 Å². The zero-order valence-electron chi connectivity index (χ0n) is 11.9. The second-order valence-electron chi connectivity index (χ2n) is 5.91. The third-order valence-electron chi connectivity index (χ3n) is 4.68. The summed E-state index contributed by atoms with van der Waals surface area (Å²) in [5, 5.41) is 3.57. The van der Waals surface area contributed by atoms with Crippen LogP contribution < -0.4 is 10.9 Å². The van der Waals surface area contributed by atoms with Crippen molar-refractivity contribution in [2.75, 3.05) is 0 Å². The Balaban J connectivity index is 1.82. The molecule has 1 saturated carbocycles. The van der Waals surface area contributed by atoms with Gasteiger partial charge in [-0.3, -0.25) is 4.79 Å². The molecule has 0 spiro atoms. The van der Waals surface area contributed by atoms with E-state index in [0.29, 0.717) is 6.04 Å². The number of hydrogen-bond donors (Lipinski definition) is 1. The predicted octanol–water partition coefficient (Wildman–Crippen LogP) is 2.39. The monoisotopic (exact) mass is 260 g/mol. The van der Waals surface area contributed by atoms with Crippen LogP contribution in [0.1, 0.15) is 55.8 Å². The molecule has 3 heteroatoms. The van der Waals surface area contributed by atoms with Crippen molar-refractivity contribution in [1.29, 1.82) is 0 Å². The molecule has 0 aliphatic heterocycles. The SMILES string of the molecule is CCn1c2c(cc(CNC3CCCC3)c1=O)CCC2. The smallest absolute Gasteiger partial charge is 0.255 e. The minimum Gasteiger partial charge on any atom is -0.312 e. The first-order valence-electron chi connectivity index (χ1n) is 7.77. The van der Waals surface area contributed by atoms with Crippen LogP contribution in [0, 0.1) is 0 Å². The van der Waals surface area contributed by atoms with E-state index < -0.39 is 0 Å². The van der Waals surface area contributed by atoms with Crippen molar-refractivity contribution < 1.29 is 0 Å². The molecule has 1 aromatic rings. The van der Waals surface area contributed by atoms with Gasteiger partial charge in [-0.1, -0.05) is 12.8 Å². The van der Waals surface area contributed by atoms with E-state index in [1.54, 1.807) is 0 Å². The third-order valence-corrected chi connectivity index (χ3v) is 4.68. The summed E-state index contributed by atoms with van der Waals surface area (Å²) in [7, 11) is 0. The van der Waals surface area contributed by atoms with Crippen molar-refractivity contribution in [2.24, 2.45) is 0 Å². The van der Waals surface area contributed by atoms with E-state index in [1.807, 2.05) is 4.57 Å². The quantitative estimate of drug-likeness (QED) is 0.902. The van der Waals surface area contributed by atoms with Crippen LogP contribution in [-0.2, 0) is 25.9 Å². The van der Waals surface area contributed by atoms with Crippen molar-refractivity contribution in [3.05, 3.63) is 33.2 Å². The molecule has 1 heterocycles. The Bertz CT molecular complexity index is 512. The molecule has 0 unspecified atom stereocenters. The van der Waals surface area contributed by atoms with Crippen molar-refractivity contribution >= 4 is 0 Å². The van der Waals surface area contributed by atoms with Gasteiger partial charge in [-0.25, -0.2) is 0 Å². The number of pyridine rings is 1. The van der Waals surface area contributed by atoms with Crippen LogP contribution in [0.25, 0.3) is 0 Å². The number of rotatable bonds is 4. The Morgan fingerprint density at radius 3 is 2.79 bits per heavy atom. The summed E-state index contributed by atoms with van der Waals surface area (Å²) < 4.78 is 1.99. The Morgan fingerprint density at radius 1 is 1.26 bits per heavy atom. The summed E-state index contributed by atoms with van der Waals surface area (Å²) in [5.41, 5.74) is 3.89. The van der Waals surface area contributed by atoms with Gasteiger partial charge in [-0.05, 0) is 50.7 Å². The lowest BCUT2D eigenvalue weighted by atomic mass is 10.1. The first-order valence-corrected chi connectivity index (χ1v) is 7.77. The highest BCUT2D eigenvalue weighted by atomic mass is 16.1. The van der Waals surface area contributed by atoms with Crippen LogP contribution in [-0.4, -0.2) is 10.6 Å². The molecule has 19 heavy (non-hydrogen) atoms. The highest BCUT2D eigenvalue weighted by Gasteiger charge is 2.19. The Hall–Kier alpha value is -1.09. The lowest BCUT2D eigenvalue weighted by Gasteiger charge is -2.15. The molecule has 1 aromatic heterocycles. The molecule has 0 radical (unpaired) electrons. The van der Waals surface area contributed by atoms with E-state index in [0.717, 1.165) is 31.5 Å². The van der Waals surface area contributed by atoms with Crippen LogP contribution in [0.2, 0.25) is 0 Å². The lowest BCUT2D eigenvalue weighted by molar-refractivity contribution is 0.519. The number of nitrogens with zero attached hydrogens (tertiary/aromatic N) is 1. The molecular formula is C16H24N2O. The number of fused-ring (bicyclic) bond motifs is 1. The fourth-order valence-electron chi connectivity index (χ4n) is 3.63. The number of aromatic nitrogens is 1. The van der Waals surface area contributed by atoms with Crippen LogP contribution in [0.3, 0.4) is 0 Å². The number of nitrogens with one attached hydrogen (secondary N) is 1. The molecule has 1 fully saturated rings. The summed E-state index contributed by atoms with van der Waals surface area (Å²) in [6.07, 6.45) is 8.64. The molecule has 1 N–H and O–H groups in total. The van der Waals surface area contributed by atoms with Crippen LogP contribution in [0.15, 0.2) is 10.9 Å². The fourth-order valence-corrected chi connectivity index (χ4v) is 3.63. The zero-order valence-corrected chi connectivity index (χ0v) is 11.9. The van der Waals surface area contributed by atoms with Crippen LogP contribution >= 0.6 is 0 Å². The van der Waals surface area contributed by atoms with Crippen LogP contribution in [0.4, 0.5) is 0 Å². The molecule has 0 aromatic carbocycles. The second-order valence-corrected chi connectivity index (χ2v) is 5.91. The standard InChI is InChI=1S/C16H24N2O/c1-2-18-15-9-5-6-12(15)10-13(16(18)19)11-17-14-7-3-4-8-14/h10,14,17H,2-9,11H2,1H3. The molecule has 0 amide bonds. The van der Waals surface area contributed by atoms with Gasteiger partial charge in [0.2, 0.25) is 0 Å². The normalized spacial score (nSPS) is 19.0. The van der Waals surface area contributed by atoms with Crippen molar-refractivity contribution in [3.8, 4) is 0 Å². The van der Waals surface area contributed by atoms with Gasteiger partial charge in [0, 0.05) is 30.4 Å². The highest BCUT2D eigenvalue weighted by molar-refractivity contribution is 5.30. The van der Waals surface area contributed by atoms with Crippen molar-refractivity contribution in [1.82, 2.24) is 9.88 Å². The van der Waals surface area contributed by atoms with E-state index >= 15 is 0 Å². The summed E-state index contributed by atoms with van der Waals surface area (Å²) in [6, 6.07) is 2.79. The van der Waals surface area contributed by atoms with Gasteiger partial charge in [0.25, 0.3) is 5.56 Å². The molecule has 0 atom stereocenters. The Kier molecular flexibility index (Phi) is 3.74. The topological polar surface area (TPSA) is 34.0 Å². The van der Waals surface area contributed by atoms with Gasteiger partial charge in [0.15, 0.2) is 0 Å². The first-order chi connectivity index (χ1) is 9.29. The molecular weight excluding hydrogens is 236 g/mol. The lowest BCUT2D eigenvalue weighted by Crippen LogP contribution is -2.32. The van der Waals surface area contributed by atoms with E-state index in [9.17, 15) is 4.79 Å². The molecule has 3 nitrogen and oxygen atoms in total. The summed E-state index contributed by atoms with van der Waals surface area (Å²) in [6.45, 7) is 3.63. The highest BCUT2D eigenvalue weighted by Crippen LogP contribution is 2.22. The average molecular weight is 260 g/mol. The molecule has 0 bridgehead atoms. The van der Waals surface area contributed by atoms with E-state index in [1.165, 1.54) is 43.4 Å². The van der Waals surface area contributed by atoms with Gasteiger partial charge in [-0.15, -0.1) is 0 Å². The van der Waals surface area contributed by atoms with Gasteiger partial charge in [0.05, 0.1) is 0 Å². The molecule has 104 valence electrons. The van der Waals surface area contributed by atoms with Gasteiger partial charge in [0.1, 0.15) is 0 Å². The largest absolute Gasteiger partial charge is 0.312 e. The van der Waals surface area contributed by atoms with Gasteiger partial charge in [-0.2, -0.15) is 0 Å². The molecule has 2 aliphatic carbocycles. The van der Waals surface area contributed by atoms with Crippen molar-refractivity contribution in [2.45, 2.75) is 71.0 Å². The maximum Gasteiger partial charge on any atom is 0.255 e. The average Bonchev–Trinajstić information content (AvgIpc) is 3.07. The minimum atomic E-state index is 0.230. The summed E-state index contributed by atoms with van der Waals surface area (Å²) in [4.78, 5) is 12.5. The maximum absolute atomic E-state index is 12.5. The van der Waals surface area contributed by atoms with Gasteiger partial charge >= 0.3 is 0 Å². The van der Waals surface area contributed by atoms with Crippen molar-refractivity contribution in [3.63, 3.8) is 0 Å². The van der Waals surface area contributed by atoms with E-state index in [2.05, 4.69) is 18.3 Å². The summed E-state index contributed by atoms with van der Waals surface area (Å²) >= 11 is 0. The molecule has 2 aliphatic rings. The third kappa shape index (κ3) is 2.48. The predicted molar refractivity (Wildman–Crippen MR) is 77.5 cm³/mol. The first kappa shape index (κ1) is 12.9. The number of hydrogen-bond acceptors (Lipinski definition) is 2. The Morgan fingerprint density at radius 2 is 2.05 bits per heavy atom. The minimum absolute atomic E-state index is 0.230. The number of aryl methyl sites for hydroxylation is 1. The maximum atomic E-state index is 12.5.